The van der Waals surface area contributed by atoms with Crippen molar-refractivity contribution < 1.29 is 18.8 Å². The highest BCUT2D eigenvalue weighted by Gasteiger charge is 2.33. The van der Waals surface area contributed by atoms with Gasteiger partial charge in [-0.25, -0.2) is 0 Å². The molecule has 2 aliphatic rings. The van der Waals surface area contributed by atoms with Crippen LogP contribution in [0, 0.1) is 6.92 Å². The van der Waals surface area contributed by atoms with Crippen molar-refractivity contribution in [1.29, 1.82) is 0 Å². The van der Waals surface area contributed by atoms with E-state index in [0.717, 1.165) is 37.2 Å². The molecule has 1 unspecified atom stereocenters. The largest absolute Gasteiger partial charge is 0.377 e. The number of carbonyl (C=O) groups excluding carboxylic acids is 2. The van der Waals surface area contributed by atoms with E-state index < -0.39 is 0 Å². The summed E-state index contributed by atoms with van der Waals surface area (Å²) in [5, 5.41) is 8.16. The third-order valence-corrected chi connectivity index (χ3v) is 5.59. The lowest BCUT2D eigenvalue weighted by molar-refractivity contribution is -0.132. The van der Waals surface area contributed by atoms with Gasteiger partial charge < -0.3 is 19.1 Å². The minimum absolute atomic E-state index is 0.0811. The van der Waals surface area contributed by atoms with Crippen molar-refractivity contribution in [3.63, 3.8) is 0 Å². The smallest absolute Gasteiger partial charge is 0.276 e. The number of likely N-dealkylation sites (tertiary alicyclic amines) is 1. The standard InChI is InChI=1S/C19H25N5O4/c1-13-15(11-20-22(13)2)17-10-16(21-28-17)19(26)24-7-8-27-12-14(24)9-18(25)23-5-3-4-6-23/h10-11,14H,3-9,12H2,1-2H3. The Morgan fingerprint density at radius 2 is 2.04 bits per heavy atom. The third-order valence-electron chi connectivity index (χ3n) is 5.59. The normalized spacial score (nSPS) is 20.0. The molecule has 2 aromatic rings. The number of carbonyl (C=O) groups is 2. The fourth-order valence-corrected chi connectivity index (χ4v) is 3.78. The summed E-state index contributed by atoms with van der Waals surface area (Å²) in [6.45, 7) is 4.78. The van der Waals surface area contributed by atoms with E-state index in [4.69, 9.17) is 9.26 Å². The molecule has 2 aromatic heterocycles. The van der Waals surface area contributed by atoms with Gasteiger partial charge in [-0.15, -0.1) is 0 Å². The zero-order valence-electron chi connectivity index (χ0n) is 16.3. The summed E-state index contributed by atoms with van der Waals surface area (Å²) >= 11 is 0. The van der Waals surface area contributed by atoms with Gasteiger partial charge in [-0.3, -0.25) is 14.3 Å². The summed E-state index contributed by atoms with van der Waals surface area (Å²) in [7, 11) is 1.84. The molecule has 4 rings (SSSR count). The number of rotatable bonds is 4. The zero-order valence-corrected chi connectivity index (χ0v) is 16.3. The second-order valence-electron chi connectivity index (χ2n) is 7.36. The summed E-state index contributed by atoms with van der Waals surface area (Å²) in [4.78, 5) is 29.1. The fourth-order valence-electron chi connectivity index (χ4n) is 3.78. The van der Waals surface area contributed by atoms with E-state index in [9.17, 15) is 9.59 Å². The molecule has 2 aliphatic heterocycles. The molecule has 150 valence electrons. The second kappa shape index (κ2) is 7.75. The number of aryl methyl sites for hydroxylation is 1. The number of amides is 2. The average molecular weight is 387 g/mol. The Morgan fingerprint density at radius 1 is 1.25 bits per heavy atom. The van der Waals surface area contributed by atoms with E-state index in [1.807, 2.05) is 18.9 Å². The van der Waals surface area contributed by atoms with E-state index in [1.54, 1.807) is 21.8 Å². The van der Waals surface area contributed by atoms with Gasteiger partial charge >= 0.3 is 0 Å². The summed E-state index contributed by atoms with van der Waals surface area (Å²) in [5.74, 6) is 0.351. The Labute approximate surface area is 163 Å². The summed E-state index contributed by atoms with van der Waals surface area (Å²) in [6, 6.07) is 1.36. The zero-order chi connectivity index (χ0) is 19.7. The first kappa shape index (κ1) is 18.7. The van der Waals surface area contributed by atoms with Crippen LogP contribution in [0.15, 0.2) is 16.8 Å². The summed E-state index contributed by atoms with van der Waals surface area (Å²) < 4.78 is 12.7. The van der Waals surface area contributed by atoms with Gasteiger partial charge in [0.25, 0.3) is 5.91 Å². The van der Waals surface area contributed by atoms with Crippen LogP contribution in [0.3, 0.4) is 0 Å². The van der Waals surface area contributed by atoms with Crippen molar-refractivity contribution in [2.75, 3.05) is 32.8 Å². The molecule has 4 heterocycles. The molecule has 0 aliphatic carbocycles. The predicted octanol–water partition coefficient (Wildman–Crippen LogP) is 1.24. The molecule has 0 radical (unpaired) electrons. The van der Waals surface area contributed by atoms with Crippen molar-refractivity contribution in [2.24, 2.45) is 7.05 Å². The van der Waals surface area contributed by atoms with Crippen LogP contribution in [0.2, 0.25) is 0 Å². The molecule has 0 saturated carbocycles. The van der Waals surface area contributed by atoms with Gasteiger partial charge in [0.15, 0.2) is 11.5 Å². The Bertz CT molecular complexity index is 868. The van der Waals surface area contributed by atoms with E-state index in [0.29, 0.717) is 25.5 Å². The van der Waals surface area contributed by atoms with Crippen LogP contribution in [0.1, 0.15) is 35.4 Å². The van der Waals surface area contributed by atoms with Crippen LogP contribution in [-0.2, 0) is 16.6 Å². The highest BCUT2D eigenvalue weighted by molar-refractivity contribution is 5.94. The Morgan fingerprint density at radius 3 is 2.75 bits per heavy atom. The van der Waals surface area contributed by atoms with Gasteiger partial charge in [0, 0.05) is 44.9 Å². The number of morpholine rings is 1. The van der Waals surface area contributed by atoms with Crippen molar-refractivity contribution in [2.45, 2.75) is 32.2 Å². The fraction of sp³-hybridized carbons (Fsp3) is 0.579. The topological polar surface area (TPSA) is 93.7 Å². The molecule has 9 heteroatoms. The molecule has 2 amide bonds. The van der Waals surface area contributed by atoms with Crippen LogP contribution in [0.25, 0.3) is 11.3 Å². The van der Waals surface area contributed by atoms with Gasteiger partial charge in [-0.2, -0.15) is 5.10 Å². The Hall–Kier alpha value is -2.68. The first-order valence-corrected chi connectivity index (χ1v) is 9.67. The minimum Gasteiger partial charge on any atom is -0.377 e. The van der Waals surface area contributed by atoms with Crippen LogP contribution in [0.5, 0.6) is 0 Å². The van der Waals surface area contributed by atoms with Crippen LogP contribution in [0.4, 0.5) is 0 Å². The molecule has 0 aromatic carbocycles. The van der Waals surface area contributed by atoms with Crippen LogP contribution in [-0.4, -0.2) is 75.4 Å². The SMILES string of the molecule is Cc1c(-c2cc(C(=O)N3CCOCC3CC(=O)N3CCCC3)no2)cnn1C. The molecule has 2 saturated heterocycles. The van der Waals surface area contributed by atoms with Crippen LogP contribution < -0.4 is 0 Å². The van der Waals surface area contributed by atoms with Gasteiger partial charge in [0.05, 0.1) is 31.0 Å². The van der Waals surface area contributed by atoms with Crippen molar-refractivity contribution >= 4 is 11.8 Å². The number of nitrogens with zero attached hydrogens (tertiary/aromatic N) is 5. The predicted molar refractivity (Wildman–Crippen MR) is 99.5 cm³/mol. The maximum absolute atomic E-state index is 13.0. The highest BCUT2D eigenvalue weighted by atomic mass is 16.5. The van der Waals surface area contributed by atoms with Gasteiger partial charge in [-0.1, -0.05) is 5.16 Å². The monoisotopic (exact) mass is 387 g/mol. The lowest BCUT2D eigenvalue weighted by Crippen LogP contribution is -2.50. The molecule has 0 spiro atoms. The van der Waals surface area contributed by atoms with Crippen molar-refractivity contribution in [3.8, 4) is 11.3 Å². The third kappa shape index (κ3) is 3.54. The Kier molecular flexibility index (Phi) is 5.17. The molecule has 0 bridgehead atoms. The maximum Gasteiger partial charge on any atom is 0.276 e. The second-order valence-corrected chi connectivity index (χ2v) is 7.36. The van der Waals surface area contributed by atoms with E-state index in [-0.39, 0.29) is 30.0 Å². The number of hydrogen-bond acceptors (Lipinski definition) is 6. The minimum atomic E-state index is -0.283. The van der Waals surface area contributed by atoms with Crippen molar-refractivity contribution in [1.82, 2.24) is 24.7 Å². The van der Waals surface area contributed by atoms with Gasteiger partial charge in [0.1, 0.15) is 0 Å². The lowest BCUT2D eigenvalue weighted by atomic mass is 10.1. The lowest BCUT2D eigenvalue weighted by Gasteiger charge is -2.35. The molecular weight excluding hydrogens is 362 g/mol. The molecule has 9 nitrogen and oxygen atoms in total. The summed E-state index contributed by atoms with van der Waals surface area (Å²) in [6.07, 6.45) is 4.06. The quantitative estimate of drug-likeness (QED) is 0.783. The van der Waals surface area contributed by atoms with Crippen molar-refractivity contribution in [3.05, 3.63) is 23.7 Å². The number of ether oxygens (including phenoxy) is 1. The molecule has 0 N–H and O–H groups in total. The average Bonchev–Trinajstić information content (AvgIpc) is 3.44. The molecule has 28 heavy (non-hydrogen) atoms. The van der Waals surface area contributed by atoms with E-state index >= 15 is 0 Å². The molecular formula is C19H25N5O4. The summed E-state index contributed by atoms with van der Waals surface area (Å²) in [5.41, 5.74) is 1.96. The highest BCUT2D eigenvalue weighted by Crippen LogP contribution is 2.25. The number of hydrogen-bond donors (Lipinski definition) is 0. The van der Waals surface area contributed by atoms with Gasteiger partial charge in [-0.05, 0) is 19.8 Å². The first-order valence-electron chi connectivity index (χ1n) is 9.67. The Balaban J connectivity index is 1.49. The van der Waals surface area contributed by atoms with E-state index in [2.05, 4.69) is 10.3 Å². The molecule has 1 atom stereocenters. The van der Waals surface area contributed by atoms with Crippen LogP contribution >= 0.6 is 0 Å². The number of aromatic nitrogens is 3. The maximum atomic E-state index is 13.0. The van der Waals surface area contributed by atoms with E-state index in [1.165, 1.54) is 0 Å². The molecule has 2 fully saturated rings. The van der Waals surface area contributed by atoms with Gasteiger partial charge in [0.2, 0.25) is 5.91 Å². The first-order chi connectivity index (χ1) is 13.5.